The fourth-order valence-corrected chi connectivity index (χ4v) is 8.44. The minimum absolute atomic E-state index is 0.0989. The minimum atomic E-state index is -0.0989. The lowest BCUT2D eigenvalue weighted by Crippen LogP contribution is -2.23. The monoisotopic (exact) mass is 612 g/mol. The minimum Gasteiger partial charge on any atom is -0.455 e. The van der Waals surface area contributed by atoms with Crippen LogP contribution in [0.3, 0.4) is 0 Å². The third-order valence-corrected chi connectivity index (χ3v) is 10.7. The van der Waals surface area contributed by atoms with Crippen molar-refractivity contribution in [2.24, 2.45) is 0 Å². The second-order valence-electron chi connectivity index (χ2n) is 13.6. The number of hydrogen-bond donors (Lipinski definition) is 0. The molecule has 0 aliphatic heterocycles. The van der Waals surface area contributed by atoms with Gasteiger partial charge in [-0.15, -0.1) is 0 Å². The number of benzene rings is 8. The number of para-hydroxylation sites is 2. The van der Waals surface area contributed by atoms with Crippen LogP contribution in [-0.4, -0.2) is 0 Å². The van der Waals surface area contributed by atoms with Crippen molar-refractivity contribution in [1.82, 2.24) is 0 Å². The largest absolute Gasteiger partial charge is 0.455 e. The smallest absolute Gasteiger partial charge is 0.143 e. The highest BCUT2D eigenvalue weighted by Gasteiger charge is 2.35. The Morgan fingerprint density at radius 1 is 0.354 bits per heavy atom. The summed E-state index contributed by atoms with van der Waals surface area (Å²) in [7, 11) is 0. The maximum absolute atomic E-state index is 6.75. The van der Waals surface area contributed by atoms with Gasteiger partial charge in [-0.05, 0) is 66.1 Å². The van der Waals surface area contributed by atoms with Gasteiger partial charge in [-0.25, -0.2) is 0 Å². The van der Waals surface area contributed by atoms with Crippen LogP contribution >= 0.6 is 0 Å². The van der Waals surface area contributed by atoms with Crippen LogP contribution in [0, 0.1) is 0 Å². The third kappa shape index (κ3) is 3.73. The normalized spacial score (nSPS) is 13.4. The van der Waals surface area contributed by atoms with E-state index in [-0.39, 0.29) is 5.41 Å². The van der Waals surface area contributed by atoms with Gasteiger partial charge in [0, 0.05) is 27.3 Å². The molecule has 0 fully saturated rings. The molecular weight excluding hydrogens is 581 g/mol. The molecule has 1 aromatic heterocycles. The summed E-state index contributed by atoms with van der Waals surface area (Å²) in [5.74, 6) is 0. The number of fused-ring (bicyclic) bond motifs is 7. The Morgan fingerprint density at radius 2 is 0.833 bits per heavy atom. The maximum Gasteiger partial charge on any atom is 0.143 e. The highest BCUT2D eigenvalue weighted by molar-refractivity contribution is 6.23. The summed E-state index contributed by atoms with van der Waals surface area (Å²) in [4.78, 5) is 0. The van der Waals surface area contributed by atoms with Crippen molar-refractivity contribution in [3.05, 3.63) is 169 Å². The van der Waals surface area contributed by atoms with Crippen LogP contribution in [0.4, 0.5) is 0 Å². The van der Waals surface area contributed by atoms with E-state index in [4.69, 9.17) is 4.42 Å². The van der Waals surface area contributed by atoms with E-state index < -0.39 is 0 Å². The van der Waals surface area contributed by atoms with Crippen LogP contribution < -0.4 is 0 Å². The zero-order valence-electron chi connectivity index (χ0n) is 26.9. The Bertz CT molecular complexity index is 2730. The van der Waals surface area contributed by atoms with Gasteiger partial charge in [-0.2, -0.15) is 0 Å². The van der Waals surface area contributed by atoms with Crippen molar-refractivity contribution in [2.45, 2.75) is 19.3 Å². The third-order valence-electron chi connectivity index (χ3n) is 10.7. The molecule has 0 unspecified atom stereocenters. The first-order chi connectivity index (χ1) is 23.6. The van der Waals surface area contributed by atoms with Gasteiger partial charge in [0.2, 0.25) is 0 Å². The lowest BCUT2D eigenvalue weighted by atomic mass is 9.67. The van der Waals surface area contributed by atoms with Crippen LogP contribution in [0.25, 0.3) is 88.0 Å². The molecule has 1 nitrogen and oxygen atoms in total. The highest BCUT2D eigenvalue weighted by atomic mass is 16.3. The lowest BCUT2D eigenvalue weighted by Gasteiger charge is -2.36. The molecule has 1 aliphatic rings. The van der Waals surface area contributed by atoms with Crippen LogP contribution in [0.15, 0.2) is 162 Å². The van der Waals surface area contributed by atoms with Crippen LogP contribution in [0.5, 0.6) is 0 Å². The Hall–Kier alpha value is -5.92. The van der Waals surface area contributed by atoms with Gasteiger partial charge in [0.25, 0.3) is 0 Å². The Kier molecular flexibility index (Phi) is 5.69. The molecule has 226 valence electrons. The van der Waals surface area contributed by atoms with Crippen molar-refractivity contribution >= 4 is 43.5 Å². The summed E-state index contributed by atoms with van der Waals surface area (Å²) >= 11 is 0. The zero-order chi connectivity index (χ0) is 32.0. The van der Waals surface area contributed by atoms with Gasteiger partial charge < -0.3 is 4.42 Å². The molecule has 1 heteroatoms. The Balaban J connectivity index is 1.18. The molecule has 0 radical (unpaired) electrons. The number of furan rings is 1. The summed E-state index contributed by atoms with van der Waals surface area (Å²) < 4.78 is 6.75. The van der Waals surface area contributed by atoms with Crippen molar-refractivity contribution in [3.63, 3.8) is 0 Å². The Labute approximate surface area is 279 Å². The van der Waals surface area contributed by atoms with Crippen LogP contribution in [0.1, 0.15) is 25.0 Å². The van der Waals surface area contributed by atoms with E-state index in [2.05, 4.69) is 172 Å². The average molecular weight is 613 g/mol. The molecule has 1 heterocycles. The second-order valence-corrected chi connectivity index (χ2v) is 13.6. The van der Waals surface area contributed by atoms with Gasteiger partial charge in [0.1, 0.15) is 11.2 Å². The number of rotatable bonds is 3. The van der Waals surface area contributed by atoms with Gasteiger partial charge >= 0.3 is 0 Å². The number of hydrogen-bond acceptors (Lipinski definition) is 1. The molecule has 0 bridgehead atoms. The molecule has 0 saturated heterocycles. The molecule has 48 heavy (non-hydrogen) atoms. The topological polar surface area (TPSA) is 13.1 Å². The van der Waals surface area contributed by atoms with Crippen LogP contribution in [-0.2, 0) is 5.41 Å². The fraction of sp³-hybridized carbons (Fsp3) is 0.0638. The first kappa shape index (κ1) is 27.2. The van der Waals surface area contributed by atoms with E-state index in [1.165, 1.54) is 54.9 Å². The molecular formula is C47H32O. The van der Waals surface area contributed by atoms with E-state index >= 15 is 0 Å². The molecule has 0 spiro atoms. The highest BCUT2D eigenvalue weighted by Crippen LogP contribution is 2.53. The summed E-state index contributed by atoms with van der Waals surface area (Å²) in [5.41, 5.74) is 14.3. The van der Waals surface area contributed by atoms with E-state index in [1.54, 1.807) is 0 Å². The summed E-state index contributed by atoms with van der Waals surface area (Å²) in [6, 6.07) is 57.4. The molecule has 1 aliphatic carbocycles. The van der Waals surface area contributed by atoms with Crippen molar-refractivity contribution < 1.29 is 4.42 Å². The molecule has 9 aromatic rings. The van der Waals surface area contributed by atoms with Crippen molar-refractivity contribution in [1.29, 1.82) is 0 Å². The molecule has 8 aromatic carbocycles. The average Bonchev–Trinajstić information content (AvgIpc) is 3.53. The second kappa shape index (κ2) is 10.0. The zero-order valence-corrected chi connectivity index (χ0v) is 26.9. The maximum atomic E-state index is 6.75. The first-order valence-electron chi connectivity index (χ1n) is 16.8. The predicted octanol–water partition coefficient (Wildman–Crippen LogP) is 13.2. The first-order valence-corrected chi connectivity index (χ1v) is 16.8. The standard InChI is InChI=1S/C47H32O/c1-47(2)40-23-9-8-17-38(40)43-35-16-7-6-15-34(35)42(39-22-12-24-41(47)44(39)43)31-27-25-30(26-28-31)33-19-11-21-37-36-20-10-18-32(45(36)48-46(33)37)29-13-4-3-5-14-29/h3-28H,1-2H3. The fourth-order valence-electron chi connectivity index (χ4n) is 8.44. The molecule has 0 atom stereocenters. The van der Waals surface area contributed by atoms with Crippen LogP contribution in [0.2, 0.25) is 0 Å². The SMILES string of the molecule is CC1(C)c2ccccc2-c2c3ccccc3c(-c3ccc(-c4cccc5c4oc4c(-c6ccccc6)cccc45)cc3)c3cccc1c23. The van der Waals surface area contributed by atoms with E-state index in [9.17, 15) is 0 Å². The van der Waals surface area contributed by atoms with E-state index in [1.807, 2.05) is 0 Å². The van der Waals surface area contributed by atoms with Crippen molar-refractivity contribution in [3.8, 4) is 44.5 Å². The van der Waals surface area contributed by atoms with E-state index in [0.29, 0.717) is 0 Å². The summed E-state index contributed by atoms with van der Waals surface area (Å²) in [6.07, 6.45) is 0. The van der Waals surface area contributed by atoms with E-state index in [0.717, 1.165) is 44.2 Å². The molecule has 10 rings (SSSR count). The predicted molar refractivity (Wildman–Crippen MR) is 203 cm³/mol. The van der Waals surface area contributed by atoms with Gasteiger partial charge in [-0.1, -0.05) is 172 Å². The summed E-state index contributed by atoms with van der Waals surface area (Å²) in [5, 5.41) is 7.56. The summed E-state index contributed by atoms with van der Waals surface area (Å²) in [6.45, 7) is 4.74. The molecule has 0 saturated carbocycles. The molecule has 0 amide bonds. The Morgan fingerprint density at radius 3 is 1.54 bits per heavy atom. The quantitative estimate of drug-likeness (QED) is 0.181. The van der Waals surface area contributed by atoms with Gasteiger partial charge in [-0.3, -0.25) is 0 Å². The van der Waals surface area contributed by atoms with Gasteiger partial charge in [0.15, 0.2) is 0 Å². The van der Waals surface area contributed by atoms with Gasteiger partial charge in [0.05, 0.1) is 0 Å². The van der Waals surface area contributed by atoms with Crippen molar-refractivity contribution in [2.75, 3.05) is 0 Å². The molecule has 0 N–H and O–H groups in total. The lowest BCUT2D eigenvalue weighted by molar-refractivity contribution is 0.645.